The number of fused-ring (bicyclic) bond motifs is 2. The van der Waals surface area contributed by atoms with E-state index in [9.17, 15) is 4.79 Å². The number of hydrogen-bond donors (Lipinski definition) is 0. The Morgan fingerprint density at radius 1 is 1.17 bits per heavy atom. The Morgan fingerprint density at radius 3 is 2.87 bits per heavy atom. The van der Waals surface area contributed by atoms with E-state index in [2.05, 4.69) is 21.7 Å². The van der Waals surface area contributed by atoms with Crippen LogP contribution < -0.4 is 5.56 Å². The highest BCUT2D eigenvalue weighted by Crippen LogP contribution is 2.31. The fourth-order valence-electron chi connectivity index (χ4n) is 3.98. The van der Waals surface area contributed by atoms with Gasteiger partial charge in [-0.3, -0.25) is 14.3 Å². The first-order valence-corrected chi connectivity index (χ1v) is 9.83. The molecule has 0 amide bonds. The highest BCUT2D eigenvalue weighted by molar-refractivity contribution is 5.79. The van der Waals surface area contributed by atoms with E-state index in [1.807, 2.05) is 6.07 Å². The summed E-state index contributed by atoms with van der Waals surface area (Å²) < 4.78 is 13.4. The molecular formula is C23H18N4O3. The molecule has 7 heteroatoms. The molecule has 5 rings (SSSR count). The summed E-state index contributed by atoms with van der Waals surface area (Å²) in [4.78, 5) is 25.4. The molecule has 4 heterocycles. The van der Waals surface area contributed by atoms with Gasteiger partial charge in [0, 0.05) is 37.6 Å². The van der Waals surface area contributed by atoms with E-state index in [0.717, 1.165) is 5.82 Å². The molecule has 0 aliphatic carbocycles. The van der Waals surface area contributed by atoms with E-state index in [0.29, 0.717) is 66.9 Å². The summed E-state index contributed by atoms with van der Waals surface area (Å²) in [7, 11) is 0. The standard InChI is InChI=1S/C23H18N4O3/c1-24-18-3-2-11-25-19(18)7-5-16-4-6-17-20(15-16)26-21-8-9-23(29-13-14-30-23)10-12-27(21)22(17)28/h2-4,6,11,15H,8-10,12-14H2. The molecule has 1 fully saturated rings. The van der Waals surface area contributed by atoms with E-state index < -0.39 is 5.79 Å². The Hall–Kier alpha value is -3.52. The monoisotopic (exact) mass is 398 g/mol. The van der Waals surface area contributed by atoms with Crippen LogP contribution >= 0.6 is 0 Å². The first-order valence-electron chi connectivity index (χ1n) is 9.83. The van der Waals surface area contributed by atoms with Crippen molar-refractivity contribution in [3.05, 3.63) is 75.4 Å². The molecule has 1 spiro atoms. The first-order chi connectivity index (χ1) is 14.7. The van der Waals surface area contributed by atoms with E-state index in [-0.39, 0.29) is 5.56 Å². The van der Waals surface area contributed by atoms with Crippen molar-refractivity contribution in [2.75, 3.05) is 13.2 Å². The third-order valence-electron chi connectivity index (χ3n) is 5.53. The van der Waals surface area contributed by atoms with Crippen molar-refractivity contribution >= 4 is 16.6 Å². The zero-order valence-electron chi connectivity index (χ0n) is 16.2. The molecule has 3 aromatic rings. The lowest BCUT2D eigenvalue weighted by Crippen LogP contribution is -2.31. The van der Waals surface area contributed by atoms with Gasteiger partial charge in [0.1, 0.15) is 11.5 Å². The lowest BCUT2D eigenvalue weighted by atomic mass is 10.1. The molecule has 30 heavy (non-hydrogen) atoms. The summed E-state index contributed by atoms with van der Waals surface area (Å²) in [6.45, 7) is 8.93. The summed E-state index contributed by atoms with van der Waals surface area (Å²) in [6.07, 6.45) is 3.55. The molecule has 1 aromatic carbocycles. The average molecular weight is 398 g/mol. The van der Waals surface area contributed by atoms with Gasteiger partial charge in [-0.1, -0.05) is 24.0 Å². The van der Waals surface area contributed by atoms with Crippen LogP contribution in [-0.4, -0.2) is 33.5 Å². The molecule has 0 radical (unpaired) electrons. The Bertz CT molecular complexity index is 1300. The largest absolute Gasteiger partial charge is 0.347 e. The number of nitrogens with zero attached hydrogens (tertiary/aromatic N) is 4. The molecule has 0 N–H and O–H groups in total. The van der Waals surface area contributed by atoms with E-state index in [1.54, 1.807) is 35.0 Å². The second-order valence-electron chi connectivity index (χ2n) is 7.31. The third kappa shape index (κ3) is 3.25. The van der Waals surface area contributed by atoms with E-state index in [1.165, 1.54) is 0 Å². The normalized spacial score (nSPS) is 17.0. The van der Waals surface area contributed by atoms with Gasteiger partial charge in [0.2, 0.25) is 5.69 Å². The first kappa shape index (κ1) is 18.5. The zero-order valence-corrected chi connectivity index (χ0v) is 16.2. The van der Waals surface area contributed by atoms with Crippen LogP contribution in [0.1, 0.15) is 29.9 Å². The van der Waals surface area contributed by atoms with Gasteiger partial charge < -0.3 is 9.47 Å². The van der Waals surface area contributed by atoms with Crippen molar-refractivity contribution < 1.29 is 9.47 Å². The summed E-state index contributed by atoms with van der Waals surface area (Å²) in [5, 5.41) is 0.563. The quantitative estimate of drug-likeness (QED) is 0.430. The summed E-state index contributed by atoms with van der Waals surface area (Å²) in [6, 6.07) is 8.77. The van der Waals surface area contributed by atoms with Gasteiger partial charge in [-0.25, -0.2) is 9.83 Å². The van der Waals surface area contributed by atoms with Crippen molar-refractivity contribution in [1.29, 1.82) is 0 Å². The molecule has 0 atom stereocenters. The summed E-state index contributed by atoms with van der Waals surface area (Å²) in [5.74, 6) is 6.13. The average Bonchev–Trinajstić information content (AvgIpc) is 3.16. The fraction of sp³-hybridized carbons (Fsp3) is 0.304. The molecule has 148 valence electrons. The Balaban J connectivity index is 1.52. The highest BCUT2D eigenvalue weighted by Gasteiger charge is 2.38. The van der Waals surface area contributed by atoms with Crippen LogP contribution in [0.4, 0.5) is 5.69 Å². The summed E-state index contributed by atoms with van der Waals surface area (Å²) in [5.41, 5.74) is 2.13. The maximum atomic E-state index is 13.1. The Kier molecular flexibility index (Phi) is 4.55. The summed E-state index contributed by atoms with van der Waals surface area (Å²) >= 11 is 0. The second kappa shape index (κ2) is 7.38. The number of pyridine rings is 1. The van der Waals surface area contributed by atoms with Crippen LogP contribution in [0.5, 0.6) is 0 Å². The molecule has 0 bridgehead atoms. The number of hydrogen-bond acceptors (Lipinski definition) is 5. The van der Waals surface area contributed by atoms with Gasteiger partial charge in [-0.15, -0.1) is 0 Å². The molecule has 0 saturated carbocycles. The number of benzene rings is 1. The molecule has 0 unspecified atom stereocenters. The van der Waals surface area contributed by atoms with Gasteiger partial charge in [-0.05, 0) is 18.2 Å². The van der Waals surface area contributed by atoms with Crippen LogP contribution in [0.2, 0.25) is 0 Å². The van der Waals surface area contributed by atoms with E-state index in [4.69, 9.17) is 21.0 Å². The van der Waals surface area contributed by atoms with Crippen molar-refractivity contribution in [1.82, 2.24) is 14.5 Å². The van der Waals surface area contributed by atoms with Crippen molar-refractivity contribution in [3.63, 3.8) is 0 Å². The molecule has 2 aromatic heterocycles. The van der Waals surface area contributed by atoms with Gasteiger partial charge >= 0.3 is 0 Å². The van der Waals surface area contributed by atoms with Crippen LogP contribution in [0.25, 0.3) is 15.7 Å². The smallest absolute Gasteiger partial charge is 0.261 e. The second-order valence-corrected chi connectivity index (χ2v) is 7.31. The van der Waals surface area contributed by atoms with Crippen molar-refractivity contribution in [2.24, 2.45) is 0 Å². The third-order valence-corrected chi connectivity index (χ3v) is 5.53. The van der Waals surface area contributed by atoms with Gasteiger partial charge in [0.05, 0.1) is 30.7 Å². The Morgan fingerprint density at radius 2 is 2.03 bits per heavy atom. The van der Waals surface area contributed by atoms with Crippen LogP contribution in [-0.2, 0) is 22.4 Å². The van der Waals surface area contributed by atoms with E-state index >= 15 is 0 Å². The maximum Gasteiger partial charge on any atom is 0.261 e. The molecule has 2 aliphatic heterocycles. The van der Waals surface area contributed by atoms with Crippen LogP contribution in [0.3, 0.4) is 0 Å². The predicted octanol–water partition coefficient (Wildman–Crippen LogP) is 2.82. The minimum absolute atomic E-state index is 0.0513. The lowest BCUT2D eigenvalue weighted by Gasteiger charge is -2.24. The van der Waals surface area contributed by atoms with Gasteiger partial charge in [0.15, 0.2) is 5.79 Å². The topological polar surface area (TPSA) is 70.6 Å². The van der Waals surface area contributed by atoms with Crippen molar-refractivity contribution in [3.8, 4) is 11.8 Å². The van der Waals surface area contributed by atoms with Crippen molar-refractivity contribution in [2.45, 2.75) is 31.6 Å². The molecular weight excluding hydrogens is 380 g/mol. The minimum atomic E-state index is -0.591. The zero-order chi connectivity index (χ0) is 20.6. The van der Waals surface area contributed by atoms with Crippen LogP contribution in [0, 0.1) is 18.4 Å². The lowest BCUT2D eigenvalue weighted by molar-refractivity contribution is -0.165. The maximum absolute atomic E-state index is 13.1. The van der Waals surface area contributed by atoms with Gasteiger partial charge in [0.25, 0.3) is 5.56 Å². The highest BCUT2D eigenvalue weighted by atomic mass is 16.7. The number of rotatable bonds is 0. The van der Waals surface area contributed by atoms with Crippen LogP contribution in [0.15, 0.2) is 41.3 Å². The number of aryl methyl sites for hydroxylation is 1. The number of ether oxygens (including phenoxy) is 2. The van der Waals surface area contributed by atoms with Gasteiger partial charge in [-0.2, -0.15) is 0 Å². The SMILES string of the molecule is [C-]#[N+]c1cccnc1C#Cc1ccc2c(=O)n3c(nc2c1)CCC1(CC3)OCCO1. The fourth-order valence-corrected chi connectivity index (χ4v) is 3.98. The predicted molar refractivity (Wildman–Crippen MR) is 110 cm³/mol. The minimum Gasteiger partial charge on any atom is -0.347 e. The molecule has 2 aliphatic rings. The Labute approximate surface area is 173 Å². The molecule has 7 nitrogen and oxygen atoms in total. The molecule has 1 saturated heterocycles. The number of aromatic nitrogens is 3.